The number of aliphatic hydroxyl groups is 1. The molecule has 0 radical (unpaired) electrons. The predicted octanol–water partition coefficient (Wildman–Crippen LogP) is 2.66. The Kier molecular flexibility index (Phi) is 5.19. The zero-order chi connectivity index (χ0) is 17.8. The molecule has 2 heterocycles. The van der Waals surface area contributed by atoms with Gasteiger partial charge in [0, 0.05) is 29.7 Å². The van der Waals surface area contributed by atoms with Gasteiger partial charge in [0.15, 0.2) is 0 Å². The number of aromatic nitrogens is 4. The van der Waals surface area contributed by atoms with E-state index in [-0.39, 0.29) is 6.61 Å². The summed E-state index contributed by atoms with van der Waals surface area (Å²) in [4.78, 5) is 0. The zero-order valence-electron chi connectivity index (χ0n) is 15.0. The molecule has 3 rings (SSSR count). The molecule has 0 saturated carbocycles. The number of hydrogen-bond acceptors (Lipinski definition) is 4. The van der Waals surface area contributed by atoms with Crippen molar-refractivity contribution in [2.75, 3.05) is 11.9 Å². The molecule has 0 aliphatic carbocycles. The van der Waals surface area contributed by atoms with Crippen LogP contribution >= 0.6 is 0 Å². The van der Waals surface area contributed by atoms with Crippen molar-refractivity contribution in [2.24, 2.45) is 0 Å². The van der Waals surface area contributed by atoms with E-state index < -0.39 is 0 Å². The van der Waals surface area contributed by atoms with Crippen LogP contribution in [0.2, 0.25) is 0 Å². The van der Waals surface area contributed by atoms with Crippen LogP contribution in [-0.4, -0.2) is 31.3 Å². The second-order valence-electron chi connectivity index (χ2n) is 6.36. The van der Waals surface area contributed by atoms with Crippen molar-refractivity contribution < 1.29 is 5.11 Å². The van der Waals surface area contributed by atoms with Crippen LogP contribution in [0.15, 0.2) is 36.7 Å². The maximum atomic E-state index is 9.10. The molecule has 2 aromatic heterocycles. The lowest BCUT2D eigenvalue weighted by Crippen LogP contribution is -2.07. The smallest absolute Gasteiger partial charge is 0.0659 e. The summed E-state index contributed by atoms with van der Waals surface area (Å²) in [6.07, 6.45) is 3.92. The molecule has 3 aromatic rings. The van der Waals surface area contributed by atoms with Gasteiger partial charge in [-0.2, -0.15) is 10.2 Å². The van der Waals surface area contributed by atoms with Gasteiger partial charge in [-0.1, -0.05) is 12.1 Å². The number of hydrogen-bond donors (Lipinski definition) is 2. The zero-order valence-corrected chi connectivity index (χ0v) is 15.0. The summed E-state index contributed by atoms with van der Waals surface area (Å²) in [6, 6.07) is 8.42. The van der Waals surface area contributed by atoms with Crippen LogP contribution in [0.5, 0.6) is 0 Å². The molecule has 0 atom stereocenters. The molecule has 0 amide bonds. The van der Waals surface area contributed by atoms with Crippen molar-refractivity contribution in [3.05, 3.63) is 64.7 Å². The summed E-state index contributed by atoms with van der Waals surface area (Å²) in [7, 11) is 0. The minimum Gasteiger partial charge on any atom is -0.394 e. The van der Waals surface area contributed by atoms with Crippen molar-refractivity contribution in [1.29, 1.82) is 0 Å². The Balaban J connectivity index is 1.62. The summed E-state index contributed by atoms with van der Waals surface area (Å²) in [5, 5.41) is 21.4. The molecule has 25 heavy (non-hydrogen) atoms. The molecule has 132 valence electrons. The van der Waals surface area contributed by atoms with Gasteiger partial charge in [0.25, 0.3) is 0 Å². The van der Waals surface area contributed by atoms with Gasteiger partial charge in [-0.3, -0.25) is 9.36 Å². The van der Waals surface area contributed by atoms with Crippen LogP contribution in [-0.2, 0) is 19.6 Å². The highest BCUT2D eigenvalue weighted by atomic mass is 16.3. The third kappa shape index (κ3) is 4.09. The fourth-order valence-electron chi connectivity index (χ4n) is 2.96. The van der Waals surface area contributed by atoms with Gasteiger partial charge < -0.3 is 10.4 Å². The standard InChI is InChI=1S/C19H25N5O/c1-14-10-21-23(12-14)13-17-4-6-18(7-5-17)20-11-19-15(2)22-24(8-9-25)16(19)3/h4-7,10,12,20,25H,8-9,11,13H2,1-3H3. The molecule has 0 aliphatic rings. The largest absolute Gasteiger partial charge is 0.394 e. The Bertz CT molecular complexity index is 832. The number of anilines is 1. The Hall–Kier alpha value is -2.60. The fourth-order valence-corrected chi connectivity index (χ4v) is 2.96. The van der Waals surface area contributed by atoms with Gasteiger partial charge >= 0.3 is 0 Å². The molecule has 2 N–H and O–H groups in total. The molecule has 0 fully saturated rings. The number of nitrogens with one attached hydrogen (secondary N) is 1. The van der Waals surface area contributed by atoms with Crippen LogP contribution in [0.4, 0.5) is 5.69 Å². The number of nitrogens with zero attached hydrogens (tertiary/aromatic N) is 4. The molecule has 1 aromatic carbocycles. The highest BCUT2D eigenvalue weighted by Crippen LogP contribution is 2.17. The van der Waals surface area contributed by atoms with Gasteiger partial charge in [0.05, 0.1) is 31.6 Å². The molecule has 6 nitrogen and oxygen atoms in total. The van der Waals surface area contributed by atoms with E-state index in [9.17, 15) is 0 Å². The minimum absolute atomic E-state index is 0.103. The molecular formula is C19H25N5O. The highest BCUT2D eigenvalue weighted by Gasteiger charge is 2.10. The molecule has 0 bridgehead atoms. The molecule has 0 saturated heterocycles. The maximum absolute atomic E-state index is 9.10. The molecule has 0 aliphatic heterocycles. The Labute approximate surface area is 148 Å². The number of aryl methyl sites for hydroxylation is 2. The second-order valence-corrected chi connectivity index (χ2v) is 6.36. The Morgan fingerprint density at radius 1 is 1.12 bits per heavy atom. The average Bonchev–Trinajstić information content (AvgIpc) is 3.11. The molecule has 0 unspecified atom stereocenters. The van der Waals surface area contributed by atoms with Gasteiger partial charge in [-0.05, 0) is 44.0 Å². The normalized spacial score (nSPS) is 11.0. The van der Waals surface area contributed by atoms with Crippen LogP contribution in [0.1, 0.15) is 28.1 Å². The van der Waals surface area contributed by atoms with Crippen LogP contribution < -0.4 is 5.32 Å². The summed E-state index contributed by atoms with van der Waals surface area (Å²) in [5.41, 5.74) is 6.76. The van der Waals surface area contributed by atoms with E-state index in [1.54, 1.807) is 0 Å². The van der Waals surface area contributed by atoms with Crippen molar-refractivity contribution in [1.82, 2.24) is 19.6 Å². The first-order chi connectivity index (χ1) is 12.1. The van der Waals surface area contributed by atoms with E-state index in [1.807, 2.05) is 42.5 Å². The highest BCUT2D eigenvalue weighted by molar-refractivity contribution is 5.45. The average molecular weight is 339 g/mol. The first-order valence-corrected chi connectivity index (χ1v) is 8.52. The van der Waals surface area contributed by atoms with Gasteiger partial charge in [0.2, 0.25) is 0 Å². The van der Waals surface area contributed by atoms with E-state index in [0.29, 0.717) is 6.54 Å². The predicted molar refractivity (Wildman–Crippen MR) is 98.6 cm³/mol. The Morgan fingerprint density at radius 2 is 1.88 bits per heavy atom. The topological polar surface area (TPSA) is 67.9 Å². The third-order valence-corrected chi connectivity index (χ3v) is 4.37. The first kappa shape index (κ1) is 17.2. The quantitative estimate of drug-likeness (QED) is 0.694. The molecule has 0 spiro atoms. The van der Waals surface area contributed by atoms with Crippen molar-refractivity contribution in [2.45, 2.75) is 40.4 Å². The summed E-state index contributed by atoms with van der Waals surface area (Å²) >= 11 is 0. The molecule has 6 heteroatoms. The van der Waals surface area contributed by atoms with E-state index in [2.05, 4.69) is 39.8 Å². The maximum Gasteiger partial charge on any atom is 0.0659 e. The van der Waals surface area contributed by atoms with E-state index in [4.69, 9.17) is 5.11 Å². The van der Waals surface area contributed by atoms with Crippen LogP contribution in [0.3, 0.4) is 0 Å². The van der Waals surface area contributed by atoms with Gasteiger partial charge in [-0.15, -0.1) is 0 Å². The summed E-state index contributed by atoms with van der Waals surface area (Å²) < 4.78 is 3.81. The lowest BCUT2D eigenvalue weighted by atomic mass is 10.1. The lowest BCUT2D eigenvalue weighted by Gasteiger charge is -2.09. The number of aliphatic hydroxyl groups excluding tert-OH is 1. The Morgan fingerprint density at radius 3 is 2.52 bits per heavy atom. The second kappa shape index (κ2) is 7.53. The lowest BCUT2D eigenvalue weighted by molar-refractivity contribution is 0.268. The van der Waals surface area contributed by atoms with Gasteiger partial charge in [-0.25, -0.2) is 0 Å². The SMILES string of the molecule is Cc1cnn(Cc2ccc(NCc3c(C)nn(CCO)c3C)cc2)c1. The summed E-state index contributed by atoms with van der Waals surface area (Å²) in [6.45, 7) is 8.24. The summed E-state index contributed by atoms with van der Waals surface area (Å²) in [5.74, 6) is 0. The van der Waals surface area contributed by atoms with Crippen molar-refractivity contribution in [3.63, 3.8) is 0 Å². The number of benzene rings is 1. The fraction of sp³-hybridized carbons (Fsp3) is 0.368. The minimum atomic E-state index is 0.103. The van der Waals surface area contributed by atoms with Gasteiger partial charge in [0.1, 0.15) is 0 Å². The van der Waals surface area contributed by atoms with E-state index >= 15 is 0 Å². The van der Waals surface area contributed by atoms with E-state index in [0.717, 1.165) is 30.2 Å². The number of rotatable bonds is 7. The van der Waals surface area contributed by atoms with Crippen molar-refractivity contribution in [3.8, 4) is 0 Å². The first-order valence-electron chi connectivity index (χ1n) is 8.52. The van der Waals surface area contributed by atoms with Crippen LogP contribution in [0.25, 0.3) is 0 Å². The van der Waals surface area contributed by atoms with E-state index in [1.165, 1.54) is 16.7 Å². The monoisotopic (exact) mass is 339 g/mol. The van der Waals surface area contributed by atoms with Crippen molar-refractivity contribution >= 4 is 5.69 Å². The third-order valence-electron chi connectivity index (χ3n) is 4.37. The molecular weight excluding hydrogens is 314 g/mol. The van der Waals surface area contributed by atoms with Crippen LogP contribution in [0, 0.1) is 20.8 Å².